The Bertz CT molecular complexity index is 537. The van der Waals surface area contributed by atoms with E-state index in [4.69, 9.17) is 0 Å². The molecule has 0 fully saturated rings. The highest BCUT2D eigenvalue weighted by molar-refractivity contribution is 5.14. The summed E-state index contributed by atoms with van der Waals surface area (Å²) in [6, 6.07) is 13.0. The van der Waals surface area contributed by atoms with E-state index in [0.717, 1.165) is 6.42 Å². The molecule has 0 aliphatic rings. The number of aryl methyl sites for hydroxylation is 1. The van der Waals surface area contributed by atoms with Crippen LogP contribution in [0.3, 0.4) is 0 Å². The fourth-order valence-electron chi connectivity index (χ4n) is 1.79. The minimum Gasteiger partial charge on any atom is -0.391 e. The molecule has 2 rings (SSSR count). The molecule has 1 heterocycles. The smallest absolute Gasteiger partial charge is 0.266 e. The van der Waals surface area contributed by atoms with Gasteiger partial charge in [-0.05, 0) is 24.5 Å². The molecule has 94 valence electrons. The van der Waals surface area contributed by atoms with Crippen LogP contribution in [0, 0.1) is 0 Å². The van der Waals surface area contributed by atoms with Gasteiger partial charge in [-0.3, -0.25) is 4.79 Å². The third-order valence-electron chi connectivity index (χ3n) is 2.78. The summed E-state index contributed by atoms with van der Waals surface area (Å²) < 4.78 is 1.29. The molecule has 0 saturated carbocycles. The summed E-state index contributed by atoms with van der Waals surface area (Å²) in [5.41, 5.74) is 1.00. The van der Waals surface area contributed by atoms with Crippen LogP contribution in [0.1, 0.15) is 12.0 Å². The average Bonchev–Trinajstić information content (AvgIpc) is 2.40. The van der Waals surface area contributed by atoms with E-state index < -0.39 is 6.10 Å². The van der Waals surface area contributed by atoms with Crippen molar-refractivity contribution in [1.82, 2.24) is 9.78 Å². The Morgan fingerprint density at radius 2 is 1.94 bits per heavy atom. The van der Waals surface area contributed by atoms with Gasteiger partial charge in [-0.2, -0.15) is 5.10 Å². The lowest BCUT2D eigenvalue weighted by Crippen LogP contribution is -2.28. The normalized spacial score (nSPS) is 12.3. The molecule has 1 N–H and O–H groups in total. The highest BCUT2D eigenvalue weighted by Crippen LogP contribution is 2.05. The van der Waals surface area contributed by atoms with Gasteiger partial charge in [0, 0.05) is 12.3 Å². The van der Waals surface area contributed by atoms with Crippen LogP contribution in [-0.2, 0) is 13.0 Å². The van der Waals surface area contributed by atoms with Crippen LogP contribution in [0.25, 0.3) is 0 Å². The summed E-state index contributed by atoms with van der Waals surface area (Å²) in [5.74, 6) is 0. The van der Waals surface area contributed by atoms with Crippen molar-refractivity contribution >= 4 is 0 Å². The maximum atomic E-state index is 11.4. The third kappa shape index (κ3) is 3.53. The summed E-state index contributed by atoms with van der Waals surface area (Å²) in [5, 5.41) is 13.8. The number of aromatic nitrogens is 2. The lowest BCUT2D eigenvalue weighted by Gasteiger charge is -2.11. The molecule has 18 heavy (non-hydrogen) atoms. The fourth-order valence-corrected chi connectivity index (χ4v) is 1.79. The van der Waals surface area contributed by atoms with E-state index in [1.165, 1.54) is 16.3 Å². The minimum atomic E-state index is -0.558. The number of benzene rings is 1. The summed E-state index contributed by atoms with van der Waals surface area (Å²) in [4.78, 5) is 11.4. The predicted octanol–water partition coefficient (Wildman–Crippen LogP) is 1.24. The van der Waals surface area contributed by atoms with Gasteiger partial charge in [-0.25, -0.2) is 4.68 Å². The first-order chi connectivity index (χ1) is 8.75. The van der Waals surface area contributed by atoms with E-state index in [0.29, 0.717) is 6.42 Å². The molecule has 2 aromatic rings. The first-order valence-corrected chi connectivity index (χ1v) is 6.00. The zero-order valence-electron chi connectivity index (χ0n) is 10.1. The fraction of sp³-hybridized carbons (Fsp3) is 0.286. The zero-order chi connectivity index (χ0) is 12.8. The molecule has 0 radical (unpaired) electrons. The van der Waals surface area contributed by atoms with E-state index in [2.05, 4.69) is 5.10 Å². The number of hydrogen-bond acceptors (Lipinski definition) is 3. The molecule has 0 amide bonds. The van der Waals surface area contributed by atoms with E-state index >= 15 is 0 Å². The average molecular weight is 244 g/mol. The topological polar surface area (TPSA) is 55.1 Å². The van der Waals surface area contributed by atoms with Gasteiger partial charge in [0.2, 0.25) is 0 Å². The maximum Gasteiger partial charge on any atom is 0.266 e. The van der Waals surface area contributed by atoms with Gasteiger partial charge in [0.15, 0.2) is 0 Å². The Labute approximate surface area is 106 Å². The van der Waals surface area contributed by atoms with Crippen LogP contribution < -0.4 is 5.56 Å². The van der Waals surface area contributed by atoms with Crippen LogP contribution >= 0.6 is 0 Å². The molecule has 1 atom stereocenters. The van der Waals surface area contributed by atoms with Crippen LogP contribution in [0.15, 0.2) is 53.5 Å². The van der Waals surface area contributed by atoms with Crippen molar-refractivity contribution in [3.8, 4) is 0 Å². The molecule has 0 aliphatic carbocycles. The lowest BCUT2D eigenvalue weighted by molar-refractivity contribution is 0.138. The lowest BCUT2D eigenvalue weighted by atomic mass is 10.1. The van der Waals surface area contributed by atoms with E-state index in [-0.39, 0.29) is 12.1 Å². The van der Waals surface area contributed by atoms with Gasteiger partial charge in [0.05, 0.1) is 12.6 Å². The number of rotatable bonds is 5. The summed E-state index contributed by atoms with van der Waals surface area (Å²) in [6.07, 6.45) is 2.40. The van der Waals surface area contributed by atoms with Crippen molar-refractivity contribution in [2.24, 2.45) is 0 Å². The van der Waals surface area contributed by atoms with Gasteiger partial charge in [-0.1, -0.05) is 30.3 Å². The second-order valence-corrected chi connectivity index (χ2v) is 4.22. The van der Waals surface area contributed by atoms with Gasteiger partial charge < -0.3 is 5.11 Å². The molecule has 0 aliphatic heterocycles. The van der Waals surface area contributed by atoms with Crippen molar-refractivity contribution < 1.29 is 5.11 Å². The molecule has 0 spiro atoms. The molecule has 4 heteroatoms. The highest BCUT2D eigenvalue weighted by Gasteiger charge is 2.07. The molecular formula is C14H16N2O2. The zero-order valence-corrected chi connectivity index (χ0v) is 10.1. The van der Waals surface area contributed by atoms with E-state index in [9.17, 15) is 9.90 Å². The SMILES string of the molecule is O=c1cccnn1CC(O)CCc1ccccc1. The van der Waals surface area contributed by atoms with Gasteiger partial charge in [0.25, 0.3) is 5.56 Å². The largest absolute Gasteiger partial charge is 0.391 e. The van der Waals surface area contributed by atoms with Crippen LogP contribution in [-0.4, -0.2) is 21.0 Å². The molecule has 1 aromatic heterocycles. The quantitative estimate of drug-likeness (QED) is 0.861. The summed E-state index contributed by atoms with van der Waals surface area (Å²) in [6.45, 7) is 0.243. The van der Waals surface area contributed by atoms with Crippen molar-refractivity contribution in [2.75, 3.05) is 0 Å². The van der Waals surface area contributed by atoms with E-state index in [1.807, 2.05) is 30.3 Å². The predicted molar refractivity (Wildman–Crippen MR) is 69.3 cm³/mol. The summed E-state index contributed by atoms with van der Waals surface area (Å²) >= 11 is 0. The van der Waals surface area contributed by atoms with Gasteiger partial charge in [0.1, 0.15) is 0 Å². The Morgan fingerprint density at radius 3 is 2.67 bits per heavy atom. The number of nitrogens with zero attached hydrogens (tertiary/aromatic N) is 2. The third-order valence-corrected chi connectivity index (χ3v) is 2.78. The van der Waals surface area contributed by atoms with Crippen molar-refractivity contribution in [3.63, 3.8) is 0 Å². The second-order valence-electron chi connectivity index (χ2n) is 4.22. The minimum absolute atomic E-state index is 0.184. The number of hydrogen-bond donors (Lipinski definition) is 1. The van der Waals surface area contributed by atoms with Crippen LogP contribution in [0.2, 0.25) is 0 Å². The monoisotopic (exact) mass is 244 g/mol. The van der Waals surface area contributed by atoms with Crippen molar-refractivity contribution in [1.29, 1.82) is 0 Å². The molecule has 1 unspecified atom stereocenters. The second kappa shape index (κ2) is 6.12. The van der Waals surface area contributed by atoms with Crippen molar-refractivity contribution in [2.45, 2.75) is 25.5 Å². The Morgan fingerprint density at radius 1 is 1.17 bits per heavy atom. The highest BCUT2D eigenvalue weighted by atomic mass is 16.3. The Hall–Kier alpha value is -1.94. The van der Waals surface area contributed by atoms with Crippen LogP contribution in [0.4, 0.5) is 0 Å². The van der Waals surface area contributed by atoms with Gasteiger partial charge in [-0.15, -0.1) is 0 Å². The molecule has 4 nitrogen and oxygen atoms in total. The first-order valence-electron chi connectivity index (χ1n) is 6.00. The number of aliphatic hydroxyl groups excluding tert-OH is 1. The van der Waals surface area contributed by atoms with Crippen molar-refractivity contribution in [3.05, 3.63) is 64.6 Å². The maximum absolute atomic E-state index is 11.4. The Kier molecular flexibility index (Phi) is 4.25. The Balaban J connectivity index is 1.88. The first kappa shape index (κ1) is 12.5. The summed E-state index contributed by atoms with van der Waals surface area (Å²) in [7, 11) is 0. The molecule has 0 saturated heterocycles. The molecular weight excluding hydrogens is 228 g/mol. The van der Waals surface area contributed by atoms with Gasteiger partial charge >= 0.3 is 0 Å². The molecule has 0 bridgehead atoms. The van der Waals surface area contributed by atoms with E-state index in [1.54, 1.807) is 12.3 Å². The molecule has 1 aromatic carbocycles. The standard InChI is InChI=1S/C14H16N2O2/c17-13(9-8-12-5-2-1-3-6-12)11-16-14(18)7-4-10-15-16/h1-7,10,13,17H,8-9,11H2. The van der Waals surface area contributed by atoms with Crippen LogP contribution in [0.5, 0.6) is 0 Å². The number of aliphatic hydroxyl groups is 1.